The first kappa shape index (κ1) is 16.2. The van der Waals surface area contributed by atoms with Crippen LogP contribution >= 0.6 is 0 Å². The Morgan fingerprint density at radius 2 is 1.95 bits per heavy atom. The number of nitriles is 1. The van der Waals surface area contributed by atoms with E-state index in [2.05, 4.69) is 17.0 Å². The zero-order valence-electron chi connectivity index (χ0n) is 12.0. The van der Waals surface area contributed by atoms with Crippen molar-refractivity contribution in [3.63, 3.8) is 0 Å². The van der Waals surface area contributed by atoms with E-state index < -0.39 is 12.0 Å². The molecule has 1 aromatic carbocycles. The van der Waals surface area contributed by atoms with Crippen LogP contribution < -0.4 is 10.6 Å². The zero-order chi connectivity index (χ0) is 15.7. The Morgan fingerprint density at radius 1 is 1.29 bits per heavy atom. The lowest BCUT2D eigenvalue weighted by Crippen LogP contribution is -2.32. The number of imide groups is 1. The van der Waals surface area contributed by atoms with Crippen molar-refractivity contribution in [3.8, 4) is 6.07 Å². The first-order valence-electron chi connectivity index (χ1n) is 6.54. The highest BCUT2D eigenvalue weighted by Crippen LogP contribution is 2.10. The lowest BCUT2D eigenvalue weighted by atomic mass is 10.1. The molecule has 0 spiro atoms. The molecular weight excluding hydrogens is 270 g/mol. The van der Waals surface area contributed by atoms with E-state index in [0.717, 1.165) is 12.1 Å². The van der Waals surface area contributed by atoms with E-state index in [1.165, 1.54) is 11.8 Å². The van der Waals surface area contributed by atoms with E-state index >= 15 is 0 Å². The summed E-state index contributed by atoms with van der Waals surface area (Å²) >= 11 is 0. The smallest absolute Gasteiger partial charge is 0.414 e. The fraction of sp³-hybridized carbons (Fsp3) is 0.267. The monoisotopic (exact) mass is 287 g/mol. The molecule has 1 rings (SSSR count). The van der Waals surface area contributed by atoms with Gasteiger partial charge in [-0.3, -0.25) is 10.1 Å². The van der Waals surface area contributed by atoms with Crippen molar-refractivity contribution in [2.24, 2.45) is 0 Å². The fourth-order valence-electron chi connectivity index (χ4n) is 1.47. The average molecular weight is 287 g/mol. The van der Waals surface area contributed by atoms with Crippen molar-refractivity contribution in [2.45, 2.75) is 20.3 Å². The van der Waals surface area contributed by atoms with Gasteiger partial charge < -0.3 is 10.1 Å². The van der Waals surface area contributed by atoms with Crippen molar-refractivity contribution in [3.05, 3.63) is 41.6 Å². The maximum atomic E-state index is 11.6. The van der Waals surface area contributed by atoms with Crippen molar-refractivity contribution >= 4 is 17.7 Å². The predicted octanol–water partition coefficient (Wildman–Crippen LogP) is 2.34. The maximum Gasteiger partial charge on any atom is 0.414 e. The number of alkyl carbamates (subject to hydrolysis) is 1. The number of rotatable bonds is 5. The van der Waals surface area contributed by atoms with E-state index in [-0.39, 0.29) is 12.2 Å². The van der Waals surface area contributed by atoms with E-state index in [9.17, 15) is 9.59 Å². The first-order valence-corrected chi connectivity index (χ1v) is 6.54. The van der Waals surface area contributed by atoms with Gasteiger partial charge in [0, 0.05) is 11.9 Å². The highest BCUT2D eigenvalue weighted by molar-refractivity contribution is 6.05. The second-order valence-electron chi connectivity index (χ2n) is 4.04. The van der Waals surface area contributed by atoms with Crippen molar-refractivity contribution < 1.29 is 14.3 Å². The van der Waals surface area contributed by atoms with Gasteiger partial charge in [0.2, 0.25) is 0 Å². The minimum Gasteiger partial charge on any atom is -0.450 e. The summed E-state index contributed by atoms with van der Waals surface area (Å²) in [4.78, 5) is 22.7. The fourth-order valence-corrected chi connectivity index (χ4v) is 1.47. The minimum absolute atomic E-state index is 0.146. The first-order chi connectivity index (χ1) is 10.1. The Bertz CT molecular complexity index is 571. The molecule has 0 aromatic heterocycles. The van der Waals surface area contributed by atoms with Crippen LogP contribution in [0.15, 0.2) is 36.0 Å². The van der Waals surface area contributed by atoms with E-state index in [0.29, 0.717) is 0 Å². The predicted molar refractivity (Wildman–Crippen MR) is 78.3 cm³/mol. The van der Waals surface area contributed by atoms with Gasteiger partial charge >= 0.3 is 6.09 Å². The highest BCUT2D eigenvalue weighted by Gasteiger charge is 2.13. The Balaban J connectivity index is 2.68. The molecule has 0 aliphatic heterocycles. The molecule has 1 aromatic rings. The molecule has 0 atom stereocenters. The van der Waals surface area contributed by atoms with Gasteiger partial charge in [0.1, 0.15) is 11.6 Å². The maximum absolute atomic E-state index is 11.6. The molecule has 2 amide bonds. The number of amides is 2. The molecule has 2 N–H and O–H groups in total. The molecule has 6 heteroatoms. The summed E-state index contributed by atoms with van der Waals surface area (Å²) in [5.41, 5.74) is 1.71. The second-order valence-corrected chi connectivity index (χ2v) is 4.04. The van der Waals surface area contributed by atoms with Crippen LogP contribution in [0.1, 0.15) is 19.4 Å². The number of hydrogen-bond acceptors (Lipinski definition) is 5. The minimum atomic E-state index is -0.879. The molecule has 6 nitrogen and oxygen atoms in total. The summed E-state index contributed by atoms with van der Waals surface area (Å²) in [6, 6.07) is 9.29. The van der Waals surface area contributed by atoms with Gasteiger partial charge in [0.05, 0.1) is 6.61 Å². The summed E-state index contributed by atoms with van der Waals surface area (Å²) in [5.74, 6) is -0.811. The van der Waals surface area contributed by atoms with E-state index in [1.54, 1.807) is 13.0 Å². The third-order valence-corrected chi connectivity index (χ3v) is 2.60. The van der Waals surface area contributed by atoms with Crippen LogP contribution in [-0.2, 0) is 16.0 Å². The molecule has 0 saturated carbocycles. The molecule has 0 aliphatic rings. The quantitative estimate of drug-likeness (QED) is 0.640. The number of carbonyl (C=O) groups excluding carboxylic acids is 2. The van der Waals surface area contributed by atoms with Gasteiger partial charge in [-0.05, 0) is 31.0 Å². The van der Waals surface area contributed by atoms with E-state index in [1.807, 2.05) is 29.6 Å². The number of anilines is 1. The third-order valence-electron chi connectivity index (χ3n) is 2.60. The van der Waals surface area contributed by atoms with Gasteiger partial charge in [0.25, 0.3) is 5.91 Å². The number of carbonyl (C=O) groups is 2. The van der Waals surface area contributed by atoms with Crippen LogP contribution in [0, 0.1) is 11.3 Å². The normalized spacial score (nSPS) is 10.4. The van der Waals surface area contributed by atoms with E-state index in [4.69, 9.17) is 5.26 Å². The Labute approximate surface area is 123 Å². The number of nitrogens with zero attached hydrogens (tertiary/aromatic N) is 1. The van der Waals surface area contributed by atoms with Crippen molar-refractivity contribution in [2.75, 3.05) is 11.9 Å². The highest BCUT2D eigenvalue weighted by atomic mass is 16.5. The van der Waals surface area contributed by atoms with Gasteiger partial charge in [-0.1, -0.05) is 19.1 Å². The number of aryl methyl sites for hydroxylation is 1. The molecular formula is C15H17N3O3. The summed E-state index contributed by atoms with van der Waals surface area (Å²) in [6.45, 7) is 3.81. The molecule has 0 saturated heterocycles. The summed E-state index contributed by atoms with van der Waals surface area (Å²) in [6.07, 6.45) is 1.30. The van der Waals surface area contributed by atoms with Gasteiger partial charge in [-0.2, -0.15) is 5.26 Å². The SMILES string of the molecule is CCOC(=O)NC(=O)/C(C#N)=C\Nc1ccc(CC)cc1. The van der Waals surface area contributed by atoms with Gasteiger partial charge in [-0.25, -0.2) is 4.79 Å². The van der Waals surface area contributed by atoms with Crippen LogP contribution in [0.25, 0.3) is 0 Å². The van der Waals surface area contributed by atoms with Crippen molar-refractivity contribution in [1.82, 2.24) is 5.32 Å². The van der Waals surface area contributed by atoms with Crippen LogP contribution in [0.4, 0.5) is 10.5 Å². The summed E-state index contributed by atoms with van der Waals surface area (Å²) in [5, 5.41) is 13.7. The van der Waals surface area contributed by atoms with Crippen LogP contribution in [0.5, 0.6) is 0 Å². The molecule has 0 bridgehead atoms. The molecule has 21 heavy (non-hydrogen) atoms. The number of nitrogens with one attached hydrogen (secondary N) is 2. The van der Waals surface area contributed by atoms with Gasteiger partial charge in [0.15, 0.2) is 0 Å². The molecule has 0 heterocycles. The van der Waals surface area contributed by atoms with Crippen LogP contribution in [0.3, 0.4) is 0 Å². The zero-order valence-corrected chi connectivity index (χ0v) is 12.0. The summed E-state index contributed by atoms with van der Waals surface area (Å²) in [7, 11) is 0. The topological polar surface area (TPSA) is 91.2 Å². The lowest BCUT2D eigenvalue weighted by Gasteiger charge is -2.05. The lowest BCUT2D eigenvalue weighted by molar-refractivity contribution is -0.116. The Kier molecular flexibility index (Phi) is 6.48. The molecule has 0 aliphatic carbocycles. The second kappa shape index (κ2) is 8.38. The molecule has 110 valence electrons. The number of ether oxygens (including phenoxy) is 1. The third kappa shape index (κ3) is 5.37. The molecule has 0 unspecified atom stereocenters. The summed E-state index contributed by atoms with van der Waals surface area (Å²) < 4.78 is 4.57. The van der Waals surface area contributed by atoms with Crippen LogP contribution in [0.2, 0.25) is 0 Å². The largest absolute Gasteiger partial charge is 0.450 e. The molecule has 0 fully saturated rings. The number of hydrogen-bond donors (Lipinski definition) is 2. The number of benzene rings is 1. The van der Waals surface area contributed by atoms with Gasteiger partial charge in [-0.15, -0.1) is 0 Å². The molecule has 0 radical (unpaired) electrons. The Morgan fingerprint density at radius 3 is 2.48 bits per heavy atom. The van der Waals surface area contributed by atoms with Crippen LogP contribution in [-0.4, -0.2) is 18.6 Å². The van der Waals surface area contributed by atoms with Crippen molar-refractivity contribution in [1.29, 1.82) is 5.26 Å². The average Bonchev–Trinajstić information content (AvgIpc) is 2.48. The Hall–Kier alpha value is -2.81. The standard InChI is InChI=1S/C15H17N3O3/c1-3-11-5-7-13(8-6-11)17-10-12(9-16)14(19)18-15(20)21-4-2/h5-8,10,17H,3-4H2,1-2H3,(H,18,19,20)/b12-10-.